The van der Waals surface area contributed by atoms with Gasteiger partial charge in [-0.1, -0.05) is 19.6 Å². The highest BCUT2D eigenvalue weighted by molar-refractivity contribution is 7.98. The van der Waals surface area contributed by atoms with Crippen molar-refractivity contribution in [1.29, 1.82) is 0 Å². The number of carbonyl (C=O) groups excluding carboxylic acids is 1. The summed E-state index contributed by atoms with van der Waals surface area (Å²) in [5.74, 6) is -0.117. The maximum atomic E-state index is 13.2. The molecule has 3 rings (SSSR count). The van der Waals surface area contributed by atoms with Crippen LogP contribution in [0.3, 0.4) is 0 Å². The van der Waals surface area contributed by atoms with E-state index in [1.807, 2.05) is 36.3 Å². The summed E-state index contributed by atoms with van der Waals surface area (Å²) in [6, 6.07) is 2.25. The Morgan fingerprint density at radius 2 is 2.17 bits per heavy atom. The summed E-state index contributed by atoms with van der Waals surface area (Å²) in [7, 11) is 0. The number of thioether (sulfide) groups is 1. The smallest absolute Gasteiger partial charge is 0.252 e. The molecule has 1 N–H and O–H groups in total. The highest BCUT2D eigenvalue weighted by atomic mass is 32.2. The Kier molecular flexibility index (Phi) is 7.87. The lowest BCUT2D eigenvalue weighted by atomic mass is 10.0. The normalized spacial score (nSPS) is 16.3. The molecule has 3 heterocycles. The van der Waals surface area contributed by atoms with Crippen LogP contribution in [0.1, 0.15) is 62.0 Å². The van der Waals surface area contributed by atoms with E-state index in [-0.39, 0.29) is 18.0 Å². The Balaban J connectivity index is 1.83. The first-order valence-electron chi connectivity index (χ1n) is 10.4. The SMILES string of the molecule is C=Cc1c(/C(=C\C)C(=O)NC(CC)c2cncc(SC)c2)cnn1C1CCOCC1. The summed E-state index contributed by atoms with van der Waals surface area (Å²) in [5, 5.41) is 7.77. The fraction of sp³-hybridized carbons (Fsp3) is 0.435. The molecular formula is C23H30N4O2S. The number of ether oxygens (including phenoxy) is 1. The van der Waals surface area contributed by atoms with Crippen LogP contribution >= 0.6 is 11.8 Å². The fourth-order valence-electron chi connectivity index (χ4n) is 3.81. The largest absolute Gasteiger partial charge is 0.381 e. The van der Waals surface area contributed by atoms with E-state index in [4.69, 9.17) is 4.74 Å². The van der Waals surface area contributed by atoms with E-state index in [2.05, 4.69) is 35.0 Å². The molecule has 1 unspecified atom stereocenters. The number of nitrogens with one attached hydrogen (secondary N) is 1. The van der Waals surface area contributed by atoms with Crippen LogP contribution in [0.2, 0.25) is 0 Å². The van der Waals surface area contributed by atoms with Gasteiger partial charge in [0.05, 0.1) is 24.0 Å². The molecule has 1 aliphatic heterocycles. The van der Waals surface area contributed by atoms with Crippen molar-refractivity contribution in [1.82, 2.24) is 20.1 Å². The van der Waals surface area contributed by atoms with Gasteiger partial charge in [-0.15, -0.1) is 11.8 Å². The molecular weight excluding hydrogens is 396 g/mol. The Morgan fingerprint density at radius 1 is 1.40 bits per heavy atom. The minimum Gasteiger partial charge on any atom is -0.381 e. The monoisotopic (exact) mass is 426 g/mol. The number of rotatable bonds is 8. The van der Waals surface area contributed by atoms with Crippen molar-refractivity contribution >= 4 is 29.3 Å². The second-order valence-electron chi connectivity index (χ2n) is 7.23. The van der Waals surface area contributed by atoms with Gasteiger partial charge in [0.25, 0.3) is 5.91 Å². The zero-order chi connectivity index (χ0) is 21.5. The molecule has 1 saturated heterocycles. The Morgan fingerprint density at radius 3 is 2.80 bits per heavy atom. The minimum absolute atomic E-state index is 0.107. The molecule has 2 aromatic rings. The molecule has 0 spiro atoms. The predicted octanol–water partition coefficient (Wildman–Crippen LogP) is 4.67. The number of carbonyl (C=O) groups is 1. The summed E-state index contributed by atoms with van der Waals surface area (Å²) in [6.45, 7) is 9.38. The van der Waals surface area contributed by atoms with Gasteiger partial charge in [0, 0.05) is 41.6 Å². The number of pyridine rings is 1. The summed E-state index contributed by atoms with van der Waals surface area (Å²) < 4.78 is 7.46. The maximum Gasteiger partial charge on any atom is 0.252 e. The molecule has 1 atom stereocenters. The van der Waals surface area contributed by atoms with E-state index in [0.717, 1.165) is 54.2 Å². The van der Waals surface area contributed by atoms with Crippen molar-refractivity contribution < 1.29 is 9.53 Å². The standard InChI is InChI=1S/C23H30N4O2S/c1-5-19(20-15-25-27(22(20)7-3)17-8-10-29-11-9-17)23(28)26-21(6-2)16-12-18(30-4)14-24-13-16/h5,7,12-15,17,21H,3,6,8-11H2,1-2,4H3,(H,26,28)/b19-5+. The third-order valence-electron chi connectivity index (χ3n) is 5.47. The topological polar surface area (TPSA) is 69.0 Å². The van der Waals surface area contributed by atoms with Crippen LogP contribution in [0, 0.1) is 0 Å². The molecule has 0 bridgehead atoms. The minimum atomic E-state index is -0.117. The highest BCUT2D eigenvalue weighted by Crippen LogP contribution is 2.29. The molecule has 1 aliphatic rings. The molecule has 6 nitrogen and oxygen atoms in total. The third kappa shape index (κ3) is 4.84. The van der Waals surface area contributed by atoms with E-state index in [1.54, 1.807) is 24.0 Å². The summed E-state index contributed by atoms with van der Waals surface area (Å²) in [6.07, 6.45) is 13.7. The molecule has 1 amide bonds. The number of allylic oxidation sites excluding steroid dienone is 1. The van der Waals surface area contributed by atoms with Crippen molar-refractivity contribution in [3.05, 3.63) is 54.1 Å². The number of nitrogens with zero attached hydrogens (tertiary/aromatic N) is 3. The van der Waals surface area contributed by atoms with E-state index < -0.39 is 0 Å². The van der Waals surface area contributed by atoms with Crippen molar-refractivity contribution in [2.75, 3.05) is 19.5 Å². The van der Waals surface area contributed by atoms with Gasteiger partial charge < -0.3 is 10.1 Å². The lowest BCUT2D eigenvalue weighted by Gasteiger charge is -2.24. The lowest BCUT2D eigenvalue weighted by Crippen LogP contribution is -2.29. The van der Waals surface area contributed by atoms with Gasteiger partial charge in [-0.05, 0) is 50.1 Å². The molecule has 0 saturated carbocycles. The second kappa shape index (κ2) is 10.6. The zero-order valence-electron chi connectivity index (χ0n) is 17.9. The summed E-state index contributed by atoms with van der Waals surface area (Å²) in [4.78, 5) is 18.6. The average molecular weight is 427 g/mol. The van der Waals surface area contributed by atoms with Gasteiger partial charge in [0.15, 0.2) is 0 Å². The zero-order valence-corrected chi connectivity index (χ0v) is 18.7. The quantitative estimate of drug-likeness (QED) is 0.491. The van der Waals surface area contributed by atoms with E-state index in [0.29, 0.717) is 5.57 Å². The first kappa shape index (κ1) is 22.3. The van der Waals surface area contributed by atoms with Crippen LogP contribution < -0.4 is 5.32 Å². The fourth-order valence-corrected chi connectivity index (χ4v) is 4.23. The summed E-state index contributed by atoms with van der Waals surface area (Å²) in [5.41, 5.74) is 3.30. The average Bonchev–Trinajstić information content (AvgIpc) is 3.22. The van der Waals surface area contributed by atoms with Crippen LogP contribution in [-0.4, -0.2) is 40.1 Å². The van der Waals surface area contributed by atoms with Gasteiger partial charge in [-0.3, -0.25) is 14.5 Å². The number of hydrogen-bond donors (Lipinski definition) is 1. The van der Waals surface area contributed by atoms with Crippen molar-refractivity contribution in [2.45, 2.75) is 50.1 Å². The van der Waals surface area contributed by atoms with E-state index in [1.165, 1.54) is 0 Å². The van der Waals surface area contributed by atoms with Gasteiger partial charge in [-0.25, -0.2) is 0 Å². The van der Waals surface area contributed by atoms with Crippen LogP contribution in [-0.2, 0) is 9.53 Å². The van der Waals surface area contributed by atoms with Crippen molar-refractivity contribution in [3.63, 3.8) is 0 Å². The second-order valence-corrected chi connectivity index (χ2v) is 8.11. The van der Waals surface area contributed by atoms with Crippen LogP contribution in [0.25, 0.3) is 11.6 Å². The Bertz CT molecular complexity index is 916. The van der Waals surface area contributed by atoms with Crippen LogP contribution in [0.15, 0.2) is 42.2 Å². The third-order valence-corrected chi connectivity index (χ3v) is 6.17. The van der Waals surface area contributed by atoms with Gasteiger partial charge in [-0.2, -0.15) is 5.10 Å². The molecule has 7 heteroatoms. The van der Waals surface area contributed by atoms with Gasteiger partial charge in [0.2, 0.25) is 0 Å². The van der Waals surface area contributed by atoms with E-state index in [9.17, 15) is 4.79 Å². The predicted molar refractivity (Wildman–Crippen MR) is 122 cm³/mol. The van der Waals surface area contributed by atoms with Crippen LogP contribution in [0.5, 0.6) is 0 Å². The first-order valence-corrected chi connectivity index (χ1v) is 11.6. The molecule has 1 fully saturated rings. The molecule has 30 heavy (non-hydrogen) atoms. The molecule has 160 valence electrons. The van der Waals surface area contributed by atoms with E-state index >= 15 is 0 Å². The number of hydrogen-bond acceptors (Lipinski definition) is 5. The highest BCUT2D eigenvalue weighted by Gasteiger charge is 2.24. The maximum absolute atomic E-state index is 13.2. The molecule has 0 aromatic carbocycles. The molecule has 2 aromatic heterocycles. The van der Waals surface area contributed by atoms with Gasteiger partial charge in [0.1, 0.15) is 0 Å². The number of aromatic nitrogens is 3. The number of amides is 1. The Labute approximate surface area is 182 Å². The van der Waals surface area contributed by atoms with Crippen molar-refractivity contribution in [2.24, 2.45) is 0 Å². The lowest BCUT2D eigenvalue weighted by molar-refractivity contribution is -0.116. The summed E-state index contributed by atoms with van der Waals surface area (Å²) >= 11 is 1.64. The first-order chi connectivity index (χ1) is 14.6. The molecule has 0 aliphatic carbocycles. The Hall–Kier alpha value is -2.38. The van der Waals surface area contributed by atoms with Crippen LogP contribution in [0.4, 0.5) is 0 Å². The van der Waals surface area contributed by atoms with Crippen molar-refractivity contribution in [3.8, 4) is 0 Å². The molecule has 0 radical (unpaired) electrons. The van der Waals surface area contributed by atoms with Gasteiger partial charge >= 0.3 is 0 Å².